The zero-order valence-corrected chi connectivity index (χ0v) is 53.6. The number of ether oxygens (including phenoxy) is 1. The van der Waals surface area contributed by atoms with Gasteiger partial charge in [-0.1, -0.05) is 140 Å². The maximum atomic E-state index is 10.8. The third-order valence-corrected chi connectivity index (χ3v) is 19.5. The molecule has 7 nitrogen and oxygen atoms in total. The van der Waals surface area contributed by atoms with Gasteiger partial charge in [0.25, 0.3) is 12.9 Å². The maximum Gasteiger partial charge on any atom is 1.00 e. The molecule has 6 aromatic carbocycles. The Morgan fingerprint density at radius 3 is 1.18 bits per heavy atom. The van der Waals surface area contributed by atoms with Crippen LogP contribution in [0.15, 0.2) is 86.2 Å². The first kappa shape index (κ1) is 58.3. The largest absolute Gasteiger partial charge is 1.00 e. The molecule has 2 N–H and O–H groups in total. The Labute approximate surface area is 531 Å². The van der Waals surface area contributed by atoms with Gasteiger partial charge in [0.15, 0.2) is 0 Å². The second-order valence-electron chi connectivity index (χ2n) is 22.2. The number of hydrogen-bond acceptors (Lipinski definition) is 7. The second kappa shape index (κ2) is 23.7. The number of carbonyl (C=O) groups is 2. The van der Waals surface area contributed by atoms with E-state index in [1.807, 2.05) is 0 Å². The second-order valence-corrected chi connectivity index (χ2v) is 24.8. The van der Waals surface area contributed by atoms with Crippen LogP contribution in [0.4, 0.5) is 0 Å². The van der Waals surface area contributed by atoms with Crippen molar-refractivity contribution in [1.82, 2.24) is 0 Å². The Kier molecular flexibility index (Phi) is 19.5. The average Bonchev–Trinajstić information content (AvgIpc) is 3.94. The monoisotopic (exact) mass is 1200 g/mol. The number of fused-ring (bicyclic) bond motifs is 15. The summed E-state index contributed by atoms with van der Waals surface area (Å²) >= 11 is 11.3. The van der Waals surface area contributed by atoms with Crippen LogP contribution in [-0.2, 0) is 38.5 Å². The van der Waals surface area contributed by atoms with Crippen molar-refractivity contribution < 1.29 is 139 Å². The van der Waals surface area contributed by atoms with E-state index >= 15 is 0 Å². The van der Waals surface area contributed by atoms with E-state index in [0.29, 0.717) is 24.2 Å². The summed E-state index contributed by atoms with van der Waals surface area (Å²) in [6.07, 6.45) is 12.5. The predicted octanol–water partition coefficient (Wildman–Crippen LogP) is 8.04. The summed E-state index contributed by atoms with van der Waals surface area (Å²) in [7, 11) is 0. The van der Waals surface area contributed by atoms with Gasteiger partial charge in [-0.05, 0) is 216 Å². The zero-order chi connectivity index (χ0) is 49.2. The summed E-state index contributed by atoms with van der Waals surface area (Å²) in [5.74, 6) is 1.51. The topological polar surface area (TPSA) is 116 Å². The molecule has 71 heavy (non-hydrogen) atoms. The van der Waals surface area contributed by atoms with Crippen molar-refractivity contribution in [3.8, 4) is 0 Å². The van der Waals surface area contributed by atoms with Crippen LogP contribution in [0.3, 0.4) is 0 Å². The van der Waals surface area contributed by atoms with Gasteiger partial charge in [0, 0.05) is 13.4 Å². The Morgan fingerprint density at radius 1 is 0.535 bits per heavy atom. The first-order valence-electron chi connectivity index (χ1n) is 24.7. The van der Waals surface area contributed by atoms with E-state index in [1.165, 1.54) is 115 Å². The molecular formula is C59H65Br3K2O7. The summed E-state index contributed by atoms with van der Waals surface area (Å²) in [6.45, 7) is 14.0. The first-order valence-corrected chi connectivity index (χ1v) is 27.1. The van der Waals surface area contributed by atoms with E-state index in [4.69, 9.17) is 14.8 Å². The van der Waals surface area contributed by atoms with Crippen LogP contribution in [0, 0.1) is 37.0 Å². The Morgan fingerprint density at radius 2 is 0.859 bits per heavy atom. The SMILES string of the molecule is Cc1ccc2c(Br)cc3c(c2c1)CC[C@]1(C)C[C@@H](O)C[C@@H]31.Cc1ccc2c(Br)cc3c(c2c1)CC[C@]1(C)C[C@@H](OC=O)C[C@@H]31.Cc1ccc2c(Br)cc3c(c2c1)CC[C@]1(C)C[C@H](O)C[C@@H]31.O=CO[O-].[H-].[K+].[K+]. The van der Waals surface area contributed by atoms with Gasteiger partial charge >= 0.3 is 103 Å². The smallest absolute Gasteiger partial charge is 1.00 e. The van der Waals surface area contributed by atoms with Crippen molar-refractivity contribution in [1.29, 1.82) is 0 Å². The number of benzene rings is 6. The van der Waals surface area contributed by atoms with Crippen LogP contribution in [0.5, 0.6) is 0 Å². The predicted molar refractivity (Wildman–Crippen MR) is 286 cm³/mol. The third-order valence-electron chi connectivity index (χ3n) is 17.6. The van der Waals surface area contributed by atoms with Crippen molar-refractivity contribution in [2.45, 2.75) is 155 Å². The Bertz CT molecular complexity index is 2860. The van der Waals surface area contributed by atoms with Crippen molar-refractivity contribution in [2.75, 3.05) is 0 Å². The van der Waals surface area contributed by atoms with Crippen LogP contribution < -0.4 is 108 Å². The molecular weight excluding hydrogens is 1140 g/mol. The van der Waals surface area contributed by atoms with E-state index in [1.54, 1.807) is 0 Å². The molecule has 0 saturated heterocycles. The summed E-state index contributed by atoms with van der Waals surface area (Å²) < 4.78 is 8.89. The minimum Gasteiger partial charge on any atom is -1.00 e. The molecule has 0 radical (unpaired) electrons. The fraction of sp³-hybridized carbons (Fsp3) is 0.458. The van der Waals surface area contributed by atoms with Crippen molar-refractivity contribution in [3.63, 3.8) is 0 Å². The van der Waals surface area contributed by atoms with E-state index in [2.05, 4.69) is 167 Å². The van der Waals surface area contributed by atoms with Gasteiger partial charge in [-0.15, -0.1) is 0 Å². The summed E-state index contributed by atoms with van der Waals surface area (Å²) in [4.78, 5) is 22.0. The summed E-state index contributed by atoms with van der Waals surface area (Å²) in [6, 6.07) is 27.2. The minimum atomic E-state index is -0.181. The first-order chi connectivity index (χ1) is 32.9. The number of rotatable bonds is 3. The van der Waals surface area contributed by atoms with E-state index in [-0.39, 0.29) is 145 Å². The Hall–Kier alpha value is -0.367. The number of aryl methyl sites for hydroxylation is 6. The van der Waals surface area contributed by atoms with Crippen molar-refractivity contribution in [3.05, 3.63) is 136 Å². The molecule has 6 aromatic rings. The molecule has 0 aliphatic heterocycles. The fourth-order valence-electron chi connectivity index (χ4n) is 14.2. The van der Waals surface area contributed by atoms with Gasteiger partial charge < -0.3 is 26.5 Å². The molecule has 6 aliphatic rings. The summed E-state index contributed by atoms with van der Waals surface area (Å²) in [5.41, 5.74) is 13.7. The quantitative estimate of drug-likeness (QED) is 0.0799. The van der Waals surface area contributed by atoms with Crippen molar-refractivity contribution in [2.24, 2.45) is 16.2 Å². The van der Waals surface area contributed by atoms with Crippen LogP contribution in [0.25, 0.3) is 32.3 Å². The molecule has 3 saturated carbocycles. The molecule has 0 spiro atoms. The van der Waals surface area contributed by atoms with E-state index in [9.17, 15) is 15.0 Å². The van der Waals surface area contributed by atoms with Gasteiger partial charge in [0.05, 0.1) is 12.2 Å². The molecule has 0 heterocycles. The van der Waals surface area contributed by atoms with Gasteiger partial charge in [0.1, 0.15) is 6.10 Å². The zero-order valence-electron chi connectivity index (χ0n) is 43.6. The molecule has 12 heteroatoms. The number of aliphatic hydroxyl groups is 2. The van der Waals surface area contributed by atoms with Crippen molar-refractivity contribution >= 4 is 93.1 Å². The van der Waals surface area contributed by atoms with Crippen LogP contribution in [0.2, 0.25) is 0 Å². The number of aliphatic hydroxyl groups excluding tert-OH is 2. The number of hydrogen-bond donors (Lipinski definition) is 2. The van der Waals surface area contributed by atoms with Crippen LogP contribution in [-0.4, -0.2) is 41.5 Å². The third kappa shape index (κ3) is 11.6. The molecule has 0 unspecified atom stereocenters. The van der Waals surface area contributed by atoms with E-state index in [0.717, 1.165) is 57.8 Å². The molecule has 0 bridgehead atoms. The number of carbonyl (C=O) groups excluding carboxylic acids is 2. The molecule has 12 rings (SSSR count). The van der Waals surface area contributed by atoms with Crippen LogP contribution >= 0.6 is 47.8 Å². The van der Waals surface area contributed by atoms with Gasteiger partial charge in [-0.3, -0.25) is 9.59 Å². The maximum absolute atomic E-state index is 10.8. The molecule has 366 valence electrons. The van der Waals surface area contributed by atoms with Gasteiger partial charge in [-0.25, -0.2) is 0 Å². The molecule has 0 amide bonds. The standard InChI is InChI=1S/C20H21BrO2.2C19H21BrO.CH2O3.2K.H/c1-12-3-4-15-16(7-12)14-5-6-20(2)10-13(23-11-22)8-18(20)17(14)9-19(15)21;2*1-11-3-4-14-15(7-11)13-5-6-19(2)10-12(21)8-17(19)16(13)9-18(14)20;2-1-4-3;;;/h3-4,7,9,11,13,18H,5-6,8,10H2,1-2H3;2*3-4,7,9,12,17,21H,5-6,8,10H2,1-2H3;1,3H;;;/q;;;;2*+1;-1/p-1/t13-,18-,20+;12-,17+,19-;12-,17-,19+;;;;/m010..../s1. The normalized spacial score (nSPS) is 28.2. The van der Waals surface area contributed by atoms with Gasteiger partial charge in [0.2, 0.25) is 0 Å². The fourth-order valence-corrected chi connectivity index (χ4v) is 15.9. The summed E-state index contributed by atoms with van der Waals surface area (Å²) in [5, 5.41) is 36.9. The number of halogens is 3. The van der Waals surface area contributed by atoms with Crippen LogP contribution in [0.1, 0.15) is 148 Å². The molecule has 9 atom stereocenters. The molecule has 3 fully saturated rings. The molecule has 0 aromatic heterocycles. The molecule has 6 aliphatic carbocycles. The van der Waals surface area contributed by atoms with E-state index < -0.39 is 0 Å². The van der Waals surface area contributed by atoms with Gasteiger partial charge in [-0.2, -0.15) is 0 Å². The average molecular weight is 1200 g/mol. The minimum absolute atomic E-state index is 0. The Balaban J connectivity index is 0.000000167.